The third-order valence-electron chi connectivity index (χ3n) is 2.14. The first kappa shape index (κ1) is 18.7. The lowest BCUT2D eigenvalue weighted by Gasteiger charge is -2.28. The molecule has 0 spiro atoms. The Hall–Kier alpha value is -0.310. The molecule has 0 aromatic heterocycles. The highest BCUT2D eigenvalue weighted by molar-refractivity contribution is 7.52. The topological polar surface area (TPSA) is 182 Å². The van der Waals surface area contributed by atoms with E-state index in [1.807, 2.05) is 0 Å². The maximum Gasteiger partial charge on any atom is 0.339 e. The van der Waals surface area contributed by atoms with Gasteiger partial charge in [-0.05, 0) is 19.4 Å². The summed E-state index contributed by atoms with van der Waals surface area (Å²) >= 11 is 0. The SMILES string of the molecule is NCCC[C@@H](C(=O)O)N(CP(=O)(O)O)CP(=O)(O)O. The molecule has 10 nitrogen and oxygen atoms in total. The van der Waals surface area contributed by atoms with Gasteiger partial charge in [-0.1, -0.05) is 0 Å². The molecular formula is C7H18N2O8P2. The molecular weight excluding hydrogens is 302 g/mol. The van der Waals surface area contributed by atoms with Crippen LogP contribution < -0.4 is 5.73 Å². The van der Waals surface area contributed by atoms with Crippen molar-refractivity contribution in [1.82, 2.24) is 4.90 Å². The van der Waals surface area contributed by atoms with Crippen LogP contribution in [0.15, 0.2) is 0 Å². The van der Waals surface area contributed by atoms with E-state index in [1.165, 1.54) is 0 Å². The van der Waals surface area contributed by atoms with Crippen LogP contribution in [0.3, 0.4) is 0 Å². The zero-order chi connectivity index (χ0) is 15.3. The van der Waals surface area contributed by atoms with Crippen molar-refractivity contribution in [1.29, 1.82) is 0 Å². The second-order valence-corrected chi connectivity index (χ2v) is 7.21. The fourth-order valence-corrected chi connectivity index (χ4v) is 3.19. The van der Waals surface area contributed by atoms with E-state index in [-0.39, 0.29) is 19.4 Å². The molecule has 0 heterocycles. The summed E-state index contributed by atoms with van der Waals surface area (Å²) in [5.41, 5.74) is 5.21. The van der Waals surface area contributed by atoms with E-state index in [4.69, 9.17) is 30.4 Å². The highest BCUT2D eigenvalue weighted by Gasteiger charge is 2.34. The van der Waals surface area contributed by atoms with E-state index in [2.05, 4.69) is 0 Å². The minimum Gasteiger partial charge on any atom is -0.480 e. The molecule has 19 heavy (non-hydrogen) atoms. The molecule has 0 aliphatic carbocycles. The van der Waals surface area contributed by atoms with Crippen LogP contribution in [0.5, 0.6) is 0 Å². The highest BCUT2D eigenvalue weighted by Crippen LogP contribution is 2.42. The fourth-order valence-electron chi connectivity index (χ4n) is 1.49. The first-order valence-corrected chi connectivity index (χ1v) is 8.82. The third kappa shape index (κ3) is 9.26. The summed E-state index contributed by atoms with van der Waals surface area (Å²) in [4.78, 5) is 47.0. The predicted molar refractivity (Wildman–Crippen MR) is 65.4 cm³/mol. The Morgan fingerprint density at radius 3 is 1.79 bits per heavy atom. The monoisotopic (exact) mass is 320 g/mol. The number of carbonyl (C=O) groups is 1. The molecule has 12 heteroatoms. The van der Waals surface area contributed by atoms with Crippen molar-refractivity contribution in [2.75, 3.05) is 19.1 Å². The van der Waals surface area contributed by atoms with Gasteiger partial charge in [-0.25, -0.2) is 0 Å². The molecule has 0 saturated heterocycles. The largest absolute Gasteiger partial charge is 0.480 e. The van der Waals surface area contributed by atoms with Crippen molar-refractivity contribution in [3.05, 3.63) is 0 Å². The summed E-state index contributed by atoms with van der Waals surface area (Å²) in [5, 5.41) is 8.98. The predicted octanol–water partition coefficient (Wildman–Crippen LogP) is -1.25. The minimum atomic E-state index is -4.65. The van der Waals surface area contributed by atoms with Crippen molar-refractivity contribution in [2.24, 2.45) is 5.73 Å². The molecule has 0 amide bonds. The van der Waals surface area contributed by atoms with E-state index in [1.54, 1.807) is 0 Å². The van der Waals surface area contributed by atoms with Gasteiger partial charge in [0, 0.05) is 0 Å². The highest BCUT2D eigenvalue weighted by atomic mass is 31.2. The Balaban J connectivity index is 5.09. The van der Waals surface area contributed by atoms with Crippen molar-refractivity contribution in [2.45, 2.75) is 18.9 Å². The summed E-state index contributed by atoms with van der Waals surface area (Å²) in [7, 11) is -9.29. The maximum atomic E-state index is 11.0. The summed E-state index contributed by atoms with van der Waals surface area (Å²) in [6.45, 7) is 0.156. The standard InChI is InChI=1S/C7H18N2O8P2/c8-3-1-2-6(7(10)11)9(4-18(12,13)14)5-19(15,16)17/h6H,1-5,8H2,(H,10,11)(H2,12,13,14)(H2,15,16,17)/t6-/m0/s1. The van der Waals surface area contributed by atoms with Crippen molar-refractivity contribution in [3.63, 3.8) is 0 Å². The van der Waals surface area contributed by atoms with Gasteiger partial charge >= 0.3 is 21.2 Å². The van der Waals surface area contributed by atoms with Crippen LogP contribution in [0.1, 0.15) is 12.8 Å². The molecule has 7 N–H and O–H groups in total. The first-order chi connectivity index (χ1) is 8.46. The lowest BCUT2D eigenvalue weighted by molar-refractivity contribution is -0.142. The van der Waals surface area contributed by atoms with Crippen LogP contribution in [-0.4, -0.2) is 60.7 Å². The number of rotatable bonds is 9. The molecule has 0 unspecified atom stereocenters. The Morgan fingerprint density at radius 2 is 1.53 bits per heavy atom. The minimum absolute atomic E-state index is 0.0637. The molecule has 1 atom stereocenters. The number of nitrogens with zero attached hydrogens (tertiary/aromatic N) is 1. The first-order valence-electron chi connectivity index (χ1n) is 5.22. The molecule has 0 aliphatic rings. The van der Waals surface area contributed by atoms with E-state index in [0.29, 0.717) is 4.90 Å². The van der Waals surface area contributed by atoms with Crippen molar-refractivity contribution in [3.8, 4) is 0 Å². The molecule has 0 aromatic carbocycles. The number of carboxylic acids is 1. The molecule has 0 aliphatic heterocycles. The van der Waals surface area contributed by atoms with Gasteiger partial charge in [0.05, 0.1) is 0 Å². The average Bonchev–Trinajstić information content (AvgIpc) is 2.12. The second kappa shape index (κ2) is 7.47. The summed E-state index contributed by atoms with van der Waals surface area (Å²) in [6, 6.07) is -1.41. The smallest absolute Gasteiger partial charge is 0.339 e. The Morgan fingerprint density at radius 1 is 1.11 bits per heavy atom. The van der Waals surface area contributed by atoms with Gasteiger partial charge in [-0.15, -0.1) is 0 Å². The molecule has 0 radical (unpaired) electrons. The van der Waals surface area contributed by atoms with Gasteiger partial charge < -0.3 is 30.4 Å². The Kier molecular flexibility index (Phi) is 7.34. The van der Waals surface area contributed by atoms with E-state index in [0.717, 1.165) is 0 Å². The van der Waals surface area contributed by atoms with Crippen LogP contribution in [0.2, 0.25) is 0 Å². The van der Waals surface area contributed by atoms with Crippen LogP contribution in [0.25, 0.3) is 0 Å². The van der Waals surface area contributed by atoms with Crippen molar-refractivity contribution < 1.29 is 38.6 Å². The van der Waals surface area contributed by atoms with Gasteiger partial charge in [0.15, 0.2) is 0 Å². The Bertz CT molecular complexity index is 367. The fraction of sp³-hybridized carbons (Fsp3) is 0.857. The van der Waals surface area contributed by atoms with Crippen molar-refractivity contribution >= 4 is 21.2 Å². The average molecular weight is 320 g/mol. The normalized spacial score (nSPS) is 14.6. The van der Waals surface area contributed by atoms with Crippen LogP contribution in [0.4, 0.5) is 0 Å². The number of hydrogen-bond acceptors (Lipinski definition) is 5. The van der Waals surface area contributed by atoms with Crippen LogP contribution >= 0.6 is 15.2 Å². The molecule has 0 aromatic rings. The lowest BCUT2D eigenvalue weighted by Crippen LogP contribution is -2.42. The second-order valence-electron chi connectivity index (χ2n) is 3.99. The number of carboxylic acid groups (broad SMARTS) is 1. The Labute approximate surface area is 109 Å². The summed E-state index contributed by atoms with van der Waals surface area (Å²) in [5.74, 6) is -1.42. The van der Waals surface area contributed by atoms with Gasteiger partial charge in [0.1, 0.15) is 18.6 Å². The maximum absolute atomic E-state index is 11.0. The molecule has 0 bridgehead atoms. The van der Waals surface area contributed by atoms with Gasteiger partial charge in [0.2, 0.25) is 0 Å². The molecule has 0 saturated carbocycles. The summed E-state index contributed by atoms with van der Waals surface area (Å²) < 4.78 is 21.8. The third-order valence-corrected chi connectivity index (χ3v) is 3.60. The van der Waals surface area contributed by atoms with Gasteiger partial charge in [-0.3, -0.25) is 18.8 Å². The van der Waals surface area contributed by atoms with E-state index >= 15 is 0 Å². The number of hydrogen-bond donors (Lipinski definition) is 6. The zero-order valence-electron chi connectivity index (χ0n) is 9.99. The van der Waals surface area contributed by atoms with E-state index in [9.17, 15) is 13.9 Å². The van der Waals surface area contributed by atoms with Gasteiger partial charge in [-0.2, -0.15) is 0 Å². The van der Waals surface area contributed by atoms with Crippen LogP contribution in [-0.2, 0) is 13.9 Å². The molecule has 0 rings (SSSR count). The van der Waals surface area contributed by atoms with Gasteiger partial charge in [0.25, 0.3) is 0 Å². The summed E-state index contributed by atoms with van der Waals surface area (Å²) in [6.07, 6.45) is -1.90. The van der Waals surface area contributed by atoms with Crippen LogP contribution in [0, 0.1) is 0 Å². The number of nitrogens with two attached hydrogens (primary N) is 1. The zero-order valence-corrected chi connectivity index (χ0v) is 11.8. The lowest BCUT2D eigenvalue weighted by atomic mass is 10.1. The number of aliphatic carboxylic acids is 1. The molecule has 114 valence electrons. The van der Waals surface area contributed by atoms with E-state index < -0.39 is 39.8 Å². The molecule has 0 fully saturated rings. The quantitative estimate of drug-likeness (QED) is 0.281.